The number of benzene rings is 1. The van der Waals surface area contributed by atoms with Gasteiger partial charge in [-0.15, -0.1) is 17.5 Å². The Kier molecular flexibility index (Phi) is 9.49. The molecular formula is C17H25Cl2N5O. The van der Waals surface area contributed by atoms with E-state index in [1.165, 1.54) is 0 Å². The smallest absolute Gasteiger partial charge is 0.273 e. The van der Waals surface area contributed by atoms with Crippen LogP contribution in [-0.2, 0) is 6.42 Å². The zero-order valence-corrected chi connectivity index (χ0v) is 16.2. The molecule has 2 N–H and O–H groups in total. The van der Waals surface area contributed by atoms with Gasteiger partial charge in [-0.2, -0.15) is 0 Å². The Hall–Kier alpha value is -1.63. The molecule has 0 spiro atoms. The average Bonchev–Trinajstić information content (AvgIpc) is 2.99. The molecule has 1 heterocycles. The van der Waals surface area contributed by atoms with Crippen molar-refractivity contribution in [2.75, 3.05) is 19.6 Å². The van der Waals surface area contributed by atoms with Crippen molar-refractivity contribution in [3.63, 3.8) is 0 Å². The second-order valence-corrected chi connectivity index (χ2v) is 5.97. The molecule has 2 aromatic rings. The van der Waals surface area contributed by atoms with Gasteiger partial charge in [-0.1, -0.05) is 43.1 Å². The summed E-state index contributed by atoms with van der Waals surface area (Å²) >= 11 is 6.06. The Morgan fingerprint density at radius 3 is 2.68 bits per heavy atom. The highest BCUT2D eigenvalue weighted by molar-refractivity contribution is 6.30. The molecule has 6 nitrogen and oxygen atoms in total. The van der Waals surface area contributed by atoms with Crippen molar-refractivity contribution in [1.29, 1.82) is 0 Å². The fourth-order valence-corrected chi connectivity index (χ4v) is 2.59. The van der Waals surface area contributed by atoms with Gasteiger partial charge in [0, 0.05) is 18.1 Å². The summed E-state index contributed by atoms with van der Waals surface area (Å²) < 4.78 is 1.69. The van der Waals surface area contributed by atoms with Crippen LogP contribution < -0.4 is 10.6 Å². The maximum Gasteiger partial charge on any atom is 0.273 e. The lowest BCUT2D eigenvalue weighted by Crippen LogP contribution is -2.32. The quantitative estimate of drug-likeness (QED) is 0.650. The predicted molar refractivity (Wildman–Crippen MR) is 103 cm³/mol. The van der Waals surface area contributed by atoms with Crippen molar-refractivity contribution >= 4 is 29.9 Å². The van der Waals surface area contributed by atoms with Crippen molar-refractivity contribution in [2.24, 2.45) is 0 Å². The highest BCUT2D eigenvalue weighted by atomic mass is 35.5. The Balaban J connectivity index is 0.00000312. The summed E-state index contributed by atoms with van der Waals surface area (Å²) in [6.45, 7) is 6.42. The van der Waals surface area contributed by atoms with Gasteiger partial charge in [-0.05, 0) is 37.6 Å². The first kappa shape index (κ1) is 21.4. The van der Waals surface area contributed by atoms with Gasteiger partial charge in [0.05, 0.1) is 11.4 Å². The van der Waals surface area contributed by atoms with E-state index < -0.39 is 0 Å². The van der Waals surface area contributed by atoms with Crippen LogP contribution in [0.5, 0.6) is 0 Å². The van der Waals surface area contributed by atoms with Crippen LogP contribution in [0.2, 0.25) is 5.02 Å². The molecule has 0 aliphatic carbocycles. The van der Waals surface area contributed by atoms with Crippen LogP contribution in [0.1, 0.15) is 42.9 Å². The molecule has 0 bridgehead atoms. The molecule has 1 aromatic heterocycles. The lowest BCUT2D eigenvalue weighted by atomic mass is 10.2. The molecule has 0 aliphatic heterocycles. The second kappa shape index (κ2) is 11.1. The fourth-order valence-electron chi connectivity index (χ4n) is 2.40. The largest absolute Gasteiger partial charge is 0.349 e. The van der Waals surface area contributed by atoms with Crippen molar-refractivity contribution in [1.82, 2.24) is 25.6 Å². The van der Waals surface area contributed by atoms with E-state index in [0.717, 1.165) is 43.7 Å². The van der Waals surface area contributed by atoms with E-state index in [0.29, 0.717) is 17.3 Å². The molecule has 0 saturated carbocycles. The minimum atomic E-state index is -0.190. The van der Waals surface area contributed by atoms with E-state index in [-0.39, 0.29) is 18.3 Å². The maximum atomic E-state index is 12.4. The first-order chi connectivity index (χ1) is 11.7. The molecular weight excluding hydrogens is 361 g/mol. The molecule has 0 unspecified atom stereocenters. The standard InChI is InChI=1S/C17H24ClN5O.ClH/c1-3-6-15-16(17(24)20-11-10-19-9-4-2)21-22-23(15)14-8-5-7-13(18)12-14;/h5,7-8,12,19H,3-4,6,9-11H2,1-2H3,(H,20,24);1H. The van der Waals surface area contributed by atoms with Gasteiger partial charge in [0.1, 0.15) is 0 Å². The average molecular weight is 386 g/mol. The molecule has 0 radical (unpaired) electrons. The highest BCUT2D eigenvalue weighted by Crippen LogP contribution is 2.18. The first-order valence-electron chi connectivity index (χ1n) is 8.36. The number of aromatic nitrogens is 3. The third-order valence-corrected chi connectivity index (χ3v) is 3.77. The number of carbonyl (C=O) groups excluding carboxylic acids is 1. The number of hydrogen-bond acceptors (Lipinski definition) is 4. The molecule has 1 aromatic carbocycles. The van der Waals surface area contributed by atoms with Crippen LogP contribution in [0.15, 0.2) is 24.3 Å². The third kappa shape index (κ3) is 5.99. The van der Waals surface area contributed by atoms with Crippen molar-refractivity contribution in [3.8, 4) is 5.69 Å². The number of carbonyl (C=O) groups is 1. The monoisotopic (exact) mass is 385 g/mol. The van der Waals surface area contributed by atoms with Crippen LogP contribution >= 0.6 is 24.0 Å². The van der Waals surface area contributed by atoms with Crippen molar-refractivity contribution in [2.45, 2.75) is 33.1 Å². The number of rotatable bonds is 9. The molecule has 25 heavy (non-hydrogen) atoms. The van der Waals surface area contributed by atoms with Crippen molar-refractivity contribution in [3.05, 3.63) is 40.7 Å². The summed E-state index contributed by atoms with van der Waals surface area (Å²) in [4.78, 5) is 12.4. The predicted octanol–water partition coefficient (Wildman–Crippen LogP) is 3.02. The topological polar surface area (TPSA) is 71.8 Å². The molecule has 0 saturated heterocycles. The number of nitrogens with one attached hydrogen (secondary N) is 2. The molecule has 0 aliphatic rings. The normalized spacial score (nSPS) is 10.4. The number of amides is 1. The summed E-state index contributed by atoms with van der Waals surface area (Å²) in [6, 6.07) is 7.37. The highest BCUT2D eigenvalue weighted by Gasteiger charge is 2.19. The lowest BCUT2D eigenvalue weighted by molar-refractivity contribution is 0.0948. The fraction of sp³-hybridized carbons (Fsp3) is 0.471. The van der Waals surface area contributed by atoms with E-state index in [9.17, 15) is 4.79 Å². The summed E-state index contributed by atoms with van der Waals surface area (Å²) in [5.74, 6) is -0.190. The zero-order chi connectivity index (χ0) is 17.4. The van der Waals surface area contributed by atoms with Gasteiger partial charge >= 0.3 is 0 Å². The SMILES string of the molecule is CCCNCCNC(=O)c1nnn(-c2cccc(Cl)c2)c1CCC.Cl. The van der Waals surface area contributed by atoms with E-state index in [1.54, 1.807) is 10.7 Å². The molecule has 1 amide bonds. The lowest BCUT2D eigenvalue weighted by Gasteiger charge is -2.08. The minimum Gasteiger partial charge on any atom is -0.349 e. The first-order valence-corrected chi connectivity index (χ1v) is 8.74. The van der Waals surface area contributed by atoms with E-state index in [2.05, 4.69) is 34.8 Å². The van der Waals surface area contributed by atoms with Gasteiger partial charge < -0.3 is 10.6 Å². The Morgan fingerprint density at radius 1 is 1.20 bits per heavy atom. The maximum absolute atomic E-state index is 12.4. The van der Waals surface area contributed by atoms with Crippen LogP contribution in [0.3, 0.4) is 0 Å². The summed E-state index contributed by atoms with van der Waals surface area (Å²) in [5, 5.41) is 15.0. The molecule has 138 valence electrons. The van der Waals surface area contributed by atoms with E-state index >= 15 is 0 Å². The summed E-state index contributed by atoms with van der Waals surface area (Å²) in [5.41, 5.74) is 1.99. The van der Waals surface area contributed by atoms with Gasteiger partial charge in [0.2, 0.25) is 0 Å². The molecule has 2 rings (SSSR count). The van der Waals surface area contributed by atoms with Crippen LogP contribution in [0.25, 0.3) is 5.69 Å². The number of halogens is 2. The molecule has 0 atom stereocenters. The Morgan fingerprint density at radius 2 is 2.00 bits per heavy atom. The van der Waals surface area contributed by atoms with Crippen LogP contribution in [0.4, 0.5) is 0 Å². The number of hydrogen-bond donors (Lipinski definition) is 2. The zero-order valence-electron chi connectivity index (χ0n) is 14.6. The van der Waals surface area contributed by atoms with Crippen molar-refractivity contribution < 1.29 is 4.79 Å². The van der Waals surface area contributed by atoms with Gasteiger partial charge in [0.25, 0.3) is 5.91 Å². The summed E-state index contributed by atoms with van der Waals surface area (Å²) in [7, 11) is 0. The van der Waals surface area contributed by atoms with Crippen LogP contribution in [0, 0.1) is 0 Å². The molecule has 8 heteroatoms. The second-order valence-electron chi connectivity index (χ2n) is 5.53. The van der Waals surface area contributed by atoms with E-state index in [4.69, 9.17) is 11.6 Å². The Bertz CT molecular complexity index is 675. The van der Waals surface area contributed by atoms with E-state index in [1.807, 2.05) is 18.2 Å². The Labute approximate surface area is 159 Å². The van der Waals surface area contributed by atoms with Crippen LogP contribution in [-0.4, -0.2) is 40.5 Å². The summed E-state index contributed by atoms with van der Waals surface area (Å²) in [6.07, 6.45) is 2.69. The van der Waals surface area contributed by atoms with Gasteiger partial charge in [0.15, 0.2) is 5.69 Å². The third-order valence-electron chi connectivity index (χ3n) is 3.53. The van der Waals surface area contributed by atoms with Gasteiger partial charge in [-0.3, -0.25) is 4.79 Å². The minimum absolute atomic E-state index is 0. The molecule has 0 fully saturated rings. The number of nitrogens with zero attached hydrogens (tertiary/aromatic N) is 3. The van der Waals surface area contributed by atoms with Gasteiger partial charge in [-0.25, -0.2) is 4.68 Å².